The van der Waals surface area contributed by atoms with E-state index in [1.54, 1.807) is 6.07 Å². The van der Waals surface area contributed by atoms with Crippen molar-refractivity contribution in [3.8, 4) is 5.75 Å². The first-order chi connectivity index (χ1) is 9.06. The molecule has 100 valence electrons. The monoisotopic (exact) mass is 383 g/mol. The van der Waals surface area contributed by atoms with Gasteiger partial charge in [0.25, 0.3) is 0 Å². The Balaban J connectivity index is 2.04. The van der Waals surface area contributed by atoms with Gasteiger partial charge in [-0.1, -0.05) is 44.0 Å². The average molecular weight is 385 g/mol. The van der Waals surface area contributed by atoms with E-state index in [1.165, 1.54) is 5.56 Å². The molecule has 2 aromatic rings. The van der Waals surface area contributed by atoms with Crippen molar-refractivity contribution in [2.75, 3.05) is 0 Å². The van der Waals surface area contributed by atoms with E-state index in [2.05, 4.69) is 56.2 Å². The molecule has 0 aromatic heterocycles. The predicted octanol–water partition coefficient (Wildman–Crippen LogP) is 4.77. The first-order valence-electron chi connectivity index (χ1n) is 6.02. The number of hydrogen-bond donors (Lipinski definition) is 2. The maximum atomic E-state index is 9.79. The number of rotatable bonds is 4. The van der Waals surface area contributed by atoms with Crippen molar-refractivity contribution in [2.45, 2.75) is 19.5 Å². The molecule has 0 spiro atoms. The van der Waals surface area contributed by atoms with Crippen molar-refractivity contribution in [1.29, 1.82) is 0 Å². The SMILES string of the molecule is C[C@H](NCc1cc(Br)ccc1O)c1cccc(Br)c1. The molecule has 0 unspecified atom stereocenters. The van der Waals surface area contributed by atoms with Crippen molar-refractivity contribution in [2.24, 2.45) is 0 Å². The van der Waals surface area contributed by atoms with E-state index in [9.17, 15) is 5.11 Å². The summed E-state index contributed by atoms with van der Waals surface area (Å²) >= 11 is 6.89. The van der Waals surface area contributed by atoms with Crippen LogP contribution in [0.2, 0.25) is 0 Å². The van der Waals surface area contributed by atoms with E-state index in [0.717, 1.165) is 14.5 Å². The zero-order valence-electron chi connectivity index (χ0n) is 10.5. The highest BCUT2D eigenvalue weighted by atomic mass is 79.9. The van der Waals surface area contributed by atoms with Crippen LogP contribution < -0.4 is 5.32 Å². The van der Waals surface area contributed by atoms with Gasteiger partial charge < -0.3 is 10.4 Å². The van der Waals surface area contributed by atoms with Crippen LogP contribution >= 0.6 is 31.9 Å². The summed E-state index contributed by atoms with van der Waals surface area (Å²) in [5.41, 5.74) is 2.10. The molecule has 0 aliphatic carbocycles. The minimum atomic E-state index is 0.218. The zero-order chi connectivity index (χ0) is 13.8. The van der Waals surface area contributed by atoms with Gasteiger partial charge >= 0.3 is 0 Å². The smallest absolute Gasteiger partial charge is 0.120 e. The van der Waals surface area contributed by atoms with E-state index in [-0.39, 0.29) is 6.04 Å². The van der Waals surface area contributed by atoms with Crippen LogP contribution in [0.15, 0.2) is 51.4 Å². The Morgan fingerprint density at radius 1 is 1.11 bits per heavy atom. The number of phenols is 1. The Kier molecular flexibility index (Phi) is 5.02. The molecule has 2 rings (SSSR count). The maximum absolute atomic E-state index is 9.79. The molecule has 0 fully saturated rings. The fraction of sp³-hybridized carbons (Fsp3) is 0.200. The van der Waals surface area contributed by atoms with Crippen molar-refractivity contribution in [3.05, 3.63) is 62.5 Å². The van der Waals surface area contributed by atoms with Crippen LogP contribution in [0.5, 0.6) is 5.75 Å². The van der Waals surface area contributed by atoms with E-state index < -0.39 is 0 Å². The fourth-order valence-corrected chi connectivity index (χ4v) is 2.68. The molecule has 0 saturated heterocycles. The van der Waals surface area contributed by atoms with Gasteiger partial charge in [0.2, 0.25) is 0 Å². The summed E-state index contributed by atoms with van der Waals surface area (Å²) in [6, 6.07) is 13.9. The summed E-state index contributed by atoms with van der Waals surface area (Å²) in [7, 11) is 0. The second kappa shape index (κ2) is 6.55. The summed E-state index contributed by atoms with van der Waals surface area (Å²) in [6.07, 6.45) is 0. The highest BCUT2D eigenvalue weighted by Gasteiger charge is 2.07. The number of benzene rings is 2. The molecule has 2 nitrogen and oxygen atoms in total. The van der Waals surface area contributed by atoms with E-state index in [4.69, 9.17) is 0 Å². The third-order valence-corrected chi connectivity index (χ3v) is 3.98. The van der Waals surface area contributed by atoms with Gasteiger partial charge in [-0.05, 0) is 42.8 Å². The van der Waals surface area contributed by atoms with E-state index >= 15 is 0 Å². The van der Waals surface area contributed by atoms with Gasteiger partial charge in [-0.3, -0.25) is 0 Å². The molecule has 4 heteroatoms. The van der Waals surface area contributed by atoms with E-state index in [0.29, 0.717) is 12.3 Å². The molecule has 0 amide bonds. The van der Waals surface area contributed by atoms with Gasteiger partial charge in [-0.25, -0.2) is 0 Å². The molecular weight excluding hydrogens is 370 g/mol. The van der Waals surface area contributed by atoms with Crippen molar-refractivity contribution in [3.63, 3.8) is 0 Å². The molecule has 0 bridgehead atoms. The third kappa shape index (κ3) is 4.06. The number of halogens is 2. The normalized spacial score (nSPS) is 12.4. The van der Waals surface area contributed by atoms with Gasteiger partial charge in [0.1, 0.15) is 5.75 Å². The van der Waals surface area contributed by atoms with Crippen LogP contribution in [0.4, 0.5) is 0 Å². The standard InChI is InChI=1S/C15H15Br2NO/c1-10(11-3-2-4-13(16)7-11)18-9-12-8-14(17)5-6-15(12)19/h2-8,10,18-19H,9H2,1H3/t10-/m0/s1. The molecule has 0 heterocycles. The molecule has 0 saturated carbocycles. The minimum Gasteiger partial charge on any atom is -0.508 e. The molecule has 2 N–H and O–H groups in total. The minimum absolute atomic E-state index is 0.218. The largest absolute Gasteiger partial charge is 0.508 e. The van der Waals surface area contributed by atoms with Gasteiger partial charge in [0.15, 0.2) is 0 Å². The number of aromatic hydroxyl groups is 1. The van der Waals surface area contributed by atoms with Crippen molar-refractivity contribution < 1.29 is 5.11 Å². The summed E-state index contributed by atoms with van der Waals surface area (Å²) < 4.78 is 2.04. The summed E-state index contributed by atoms with van der Waals surface area (Å²) in [4.78, 5) is 0. The lowest BCUT2D eigenvalue weighted by Gasteiger charge is -2.15. The number of phenolic OH excluding ortho intramolecular Hbond substituents is 1. The molecular formula is C15H15Br2NO. The van der Waals surface area contributed by atoms with Gasteiger partial charge in [-0.2, -0.15) is 0 Å². The van der Waals surface area contributed by atoms with Crippen molar-refractivity contribution >= 4 is 31.9 Å². The maximum Gasteiger partial charge on any atom is 0.120 e. The van der Waals surface area contributed by atoms with Gasteiger partial charge in [0.05, 0.1) is 0 Å². The molecule has 0 aliphatic rings. The van der Waals surface area contributed by atoms with Crippen LogP contribution in [0, 0.1) is 0 Å². The molecule has 0 aliphatic heterocycles. The Labute approximate surface area is 130 Å². The molecule has 19 heavy (non-hydrogen) atoms. The first-order valence-corrected chi connectivity index (χ1v) is 7.61. The fourth-order valence-electron chi connectivity index (χ4n) is 1.85. The lowest BCUT2D eigenvalue weighted by molar-refractivity contribution is 0.460. The zero-order valence-corrected chi connectivity index (χ0v) is 13.7. The van der Waals surface area contributed by atoms with Crippen LogP contribution in [0.25, 0.3) is 0 Å². The molecule has 1 atom stereocenters. The summed E-state index contributed by atoms with van der Waals surface area (Å²) in [5.74, 6) is 0.317. The van der Waals surface area contributed by atoms with Crippen LogP contribution in [0.3, 0.4) is 0 Å². The lowest BCUT2D eigenvalue weighted by atomic mass is 10.1. The number of hydrogen-bond acceptors (Lipinski definition) is 2. The van der Waals surface area contributed by atoms with Crippen LogP contribution in [0.1, 0.15) is 24.1 Å². The first kappa shape index (κ1) is 14.6. The lowest BCUT2D eigenvalue weighted by Crippen LogP contribution is -2.18. The van der Waals surface area contributed by atoms with E-state index in [1.807, 2.05) is 24.3 Å². The topological polar surface area (TPSA) is 32.3 Å². The highest BCUT2D eigenvalue weighted by Crippen LogP contribution is 2.23. The third-order valence-electron chi connectivity index (χ3n) is 2.99. The van der Waals surface area contributed by atoms with Gasteiger partial charge in [-0.15, -0.1) is 0 Å². The summed E-state index contributed by atoms with van der Waals surface area (Å²) in [5, 5.41) is 13.2. The van der Waals surface area contributed by atoms with Crippen LogP contribution in [-0.2, 0) is 6.54 Å². The Hall–Kier alpha value is -0.840. The predicted molar refractivity (Wildman–Crippen MR) is 85.2 cm³/mol. The molecule has 2 aromatic carbocycles. The summed E-state index contributed by atoms with van der Waals surface area (Å²) in [6.45, 7) is 2.73. The Bertz CT molecular complexity index is 572. The number of nitrogens with one attached hydrogen (secondary N) is 1. The Morgan fingerprint density at radius 2 is 1.84 bits per heavy atom. The van der Waals surface area contributed by atoms with Crippen molar-refractivity contribution in [1.82, 2.24) is 5.32 Å². The Morgan fingerprint density at radius 3 is 2.58 bits per heavy atom. The van der Waals surface area contributed by atoms with Gasteiger partial charge in [0, 0.05) is 27.1 Å². The molecule has 0 radical (unpaired) electrons. The van der Waals surface area contributed by atoms with Crippen LogP contribution in [-0.4, -0.2) is 5.11 Å². The second-order valence-electron chi connectivity index (χ2n) is 4.43. The average Bonchev–Trinajstić information content (AvgIpc) is 2.39. The quantitative estimate of drug-likeness (QED) is 0.795. The second-order valence-corrected chi connectivity index (χ2v) is 6.26. The highest BCUT2D eigenvalue weighted by molar-refractivity contribution is 9.10.